The zero-order valence-corrected chi connectivity index (χ0v) is 12.6. The van der Waals surface area contributed by atoms with Crippen LogP contribution in [0.2, 0.25) is 5.02 Å². The molecule has 0 unspecified atom stereocenters. The van der Waals surface area contributed by atoms with Gasteiger partial charge in [0.15, 0.2) is 0 Å². The molecular weight excluding hydrogens is 321 g/mol. The van der Waals surface area contributed by atoms with Crippen molar-refractivity contribution in [1.82, 2.24) is 4.72 Å². The van der Waals surface area contributed by atoms with Gasteiger partial charge < -0.3 is 9.52 Å². The molecule has 2 rings (SSSR count). The highest BCUT2D eigenvalue weighted by molar-refractivity contribution is 7.89. The molecule has 1 aromatic heterocycles. The molecule has 0 spiro atoms. The summed E-state index contributed by atoms with van der Waals surface area (Å²) in [6, 6.07) is 6.16. The fourth-order valence-electron chi connectivity index (χ4n) is 1.64. The summed E-state index contributed by atoms with van der Waals surface area (Å²) < 4.78 is 44.5. The molecule has 0 bridgehead atoms. The monoisotopic (exact) mass is 333 g/mol. The van der Waals surface area contributed by atoms with Crippen molar-refractivity contribution in [1.29, 1.82) is 0 Å². The average molecular weight is 334 g/mol. The maximum Gasteiger partial charge on any atom is 0.240 e. The Morgan fingerprint density at radius 2 is 2.14 bits per heavy atom. The number of hydrogen-bond acceptors (Lipinski definition) is 4. The van der Waals surface area contributed by atoms with Gasteiger partial charge in [0.1, 0.15) is 17.2 Å². The third-order valence-electron chi connectivity index (χ3n) is 2.86. The Morgan fingerprint density at radius 1 is 1.43 bits per heavy atom. The van der Waals surface area contributed by atoms with Crippen LogP contribution < -0.4 is 4.72 Å². The Bertz CT molecular complexity index is 729. The standard InChI is InChI=1S/C13H13ClFNO4S/c1-13(17,12-3-2-6-20-12)8-16-21(18,19)9-4-5-11(15)10(14)7-9/h2-7,16-17H,8H2,1H3/t13-/m1/s1. The fraction of sp³-hybridized carbons (Fsp3) is 0.231. The number of hydrogen-bond donors (Lipinski definition) is 2. The van der Waals surface area contributed by atoms with Gasteiger partial charge in [0.25, 0.3) is 0 Å². The van der Waals surface area contributed by atoms with E-state index >= 15 is 0 Å². The van der Waals surface area contributed by atoms with Crippen LogP contribution in [0.3, 0.4) is 0 Å². The smallest absolute Gasteiger partial charge is 0.240 e. The summed E-state index contributed by atoms with van der Waals surface area (Å²) >= 11 is 5.56. The molecule has 2 N–H and O–H groups in total. The lowest BCUT2D eigenvalue weighted by atomic mass is 10.1. The maximum atomic E-state index is 13.0. The summed E-state index contributed by atoms with van der Waals surface area (Å²) in [5, 5.41) is 9.88. The summed E-state index contributed by atoms with van der Waals surface area (Å²) in [7, 11) is -3.93. The first-order valence-corrected chi connectivity index (χ1v) is 7.79. The fourth-order valence-corrected chi connectivity index (χ4v) is 3.04. The van der Waals surface area contributed by atoms with Gasteiger partial charge in [-0.1, -0.05) is 11.6 Å². The van der Waals surface area contributed by atoms with E-state index in [0.717, 1.165) is 18.2 Å². The molecule has 1 atom stereocenters. The topological polar surface area (TPSA) is 79.5 Å². The van der Waals surface area contributed by atoms with E-state index in [1.165, 1.54) is 19.3 Å². The molecule has 0 fully saturated rings. The van der Waals surface area contributed by atoms with Crippen LogP contribution in [-0.2, 0) is 15.6 Å². The van der Waals surface area contributed by atoms with Gasteiger partial charge >= 0.3 is 0 Å². The van der Waals surface area contributed by atoms with Crippen molar-refractivity contribution in [2.24, 2.45) is 0 Å². The Labute approximate surface area is 126 Å². The van der Waals surface area contributed by atoms with Crippen LogP contribution in [0, 0.1) is 5.82 Å². The van der Waals surface area contributed by atoms with Gasteiger partial charge in [-0.05, 0) is 37.3 Å². The van der Waals surface area contributed by atoms with Crippen LogP contribution in [0.1, 0.15) is 12.7 Å². The van der Waals surface area contributed by atoms with Crippen molar-refractivity contribution in [3.05, 3.63) is 53.2 Å². The Balaban J connectivity index is 2.16. The summed E-state index contributed by atoms with van der Waals surface area (Å²) in [6.07, 6.45) is 1.37. The zero-order valence-electron chi connectivity index (χ0n) is 11.0. The predicted octanol–water partition coefficient (Wildman–Crippen LogP) is 2.26. The van der Waals surface area contributed by atoms with E-state index in [-0.39, 0.29) is 22.2 Å². The number of benzene rings is 1. The molecule has 1 aromatic carbocycles. The average Bonchev–Trinajstić information content (AvgIpc) is 2.94. The first-order chi connectivity index (χ1) is 9.72. The molecule has 0 saturated carbocycles. The molecule has 21 heavy (non-hydrogen) atoms. The molecule has 0 amide bonds. The minimum absolute atomic E-state index is 0.191. The third-order valence-corrected chi connectivity index (χ3v) is 4.55. The first-order valence-electron chi connectivity index (χ1n) is 5.93. The Morgan fingerprint density at radius 3 is 2.71 bits per heavy atom. The molecule has 0 aliphatic carbocycles. The third kappa shape index (κ3) is 3.62. The van der Waals surface area contributed by atoms with E-state index in [4.69, 9.17) is 16.0 Å². The number of rotatable bonds is 5. The first kappa shape index (κ1) is 16.0. The minimum Gasteiger partial charge on any atom is -0.466 e. The highest BCUT2D eigenvalue weighted by Gasteiger charge is 2.29. The van der Waals surface area contributed by atoms with E-state index in [0.29, 0.717) is 0 Å². The Hall–Kier alpha value is -1.41. The van der Waals surface area contributed by atoms with Crippen LogP contribution in [0.5, 0.6) is 0 Å². The lowest BCUT2D eigenvalue weighted by Gasteiger charge is -2.21. The SMILES string of the molecule is C[C@@](O)(CNS(=O)(=O)c1ccc(F)c(Cl)c1)c1ccco1. The molecule has 2 aromatic rings. The van der Waals surface area contributed by atoms with E-state index in [1.54, 1.807) is 6.07 Å². The van der Waals surface area contributed by atoms with Gasteiger partial charge in [-0.2, -0.15) is 0 Å². The molecule has 0 aliphatic heterocycles. The summed E-state index contributed by atoms with van der Waals surface area (Å²) in [5.74, 6) is -0.486. The maximum absolute atomic E-state index is 13.0. The van der Waals surface area contributed by atoms with Crippen molar-refractivity contribution < 1.29 is 22.3 Å². The highest BCUT2D eigenvalue weighted by Crippen LogP contribution is 2.22. The molecule has 114 valence electrons. The number of halogens is 2. The van der Waals surface area contributed by atoms with Crippen molar-refractivity contribution in [2.75, 3.05) is 6.54 Å². The molecule has 5 nitrogen and oxygen atoms in total. The number of furan rings is 1. The summed E-state index contributed by atoms with van der Waals surface area (Å²) in [4.78, 5) is -0.191. The lowest BCUT2D eigenvalue weighted by Crippen LogP contribution is -2.38. The lowest BCUT2D eigenvalue weighted by molar-refractivity contribution is 0.0395. The molecule has 0 aliphatic rings. The summed E-state index contributed by atoms with van der Waals surface area (Å²) in [6.45, 7) is 1.10. The molecule has 1 heterocycles. The van der Waals surface area contributed by atoms with Crippen molar-refractivity contribution in [3.63, 3.8) is 0 Å². The van der Waals surface area contributed by atoms with Crippen LogP contribution in [0.25, 0.3) is 0 Å². The van der Waals surface area contributed by atoms with Crippen LogP contribution in [-0.4, -0.2) is 20.1 Å². The van der Waals surface area contributed by atoms with Gasteiger partial charge in [-0.25, -0.2) is 17.5 Å². The minimum atomic E-state index is -3.93. The second-order valence-electron chi connectivity index (χ2n) is 4.65. The van der Waals surface area contributed by atoms with Crippen molar-refractivity contribution in [2.45, 2.75) is 17.4 Å². The second-order valence-corrected chi connectivity index (χ2v) is 6.83. The molecule has 0 radical (unpaired) electrons. The molecule has 8 heteroatoms. The largest absolute Gasteiger partial charge is 0.466 e. The number of nitrogens with one attached hydrogen (secondary N) is 1. The Kier molecular flexibility index (Phi) is 4.38. The van der Waals surface area contributed by atoms with E-state index in [2.05, 4.69) is 4.72 Å². The van der Waals surface area contributed by atoms with E-state index < -0.39 is 21.4 Å². The van der Waals surface area contributed by atoms with Gasteiger partial charge in [-0.3, -0.25) is 0 Å². The van der Waals surface area contributed by atoms with Gasteiger partial charge in [-0.15, -0.1) is 0 Å². The van der Waals surface area contributed by atoms with E-state index in [9.17, 15) is 17.9 Å². The van der Waals surface area contributed by atoms with Gasteiger partial charge in [0, 0.05) is 6.54 Å². The highest BCUT2D eigenvalue weighted by atomic mass is 35.5. The zero-order chi connectivity index (χ0) is 15.7. The molecular formula is C13H13ClFNO4S. The van der Waals surface area contributed by atoms with Gasteiger partial charge in [0.2, 0.25) is 10.0 Å². The van der Waals surface area contributed by atoms with Crippen molar-refractivity contribution in [3.8, 4) is 0 Å². The molecule has 0 saturated heterocycles. The van der Waals surface area contributed by atoms with Crippen LogP contribution in [0.15, 0.2) is 45.9 Å². The van der Waals surface area contributed by atoms with E-state index in [1.807, 2.05) is 0 Å². The number of sulfonamides is 1. The normalized spacial score (nSPS) is 14.9. The van der Waals surface area contributed by atoms with Crippen LogP contribution in [0.4, 0.5) is 4.39 Å². The van der Waals surface area contributed by atoms with Gasteiger partial charge in [0.05, 0.1) is 16.2 Å². The van der Waals surface area contributed by atoms with Crippen molar-refractivity contribution >= 4 is 21.6 Å². The number of aliphatic hydroxyl groups is 1. The van der Waals surface area contributed by atoms with Crippen LogP contribution >= 0.6 is 11.6 Å². The quantitative estimate of drug-likeness (QED) is 0.879. The summed E-state index contributed by atoms with van der Waals surface area (Å²) in [5.41, 5.74) is -1.51. The second kappa shape index (κ2) is 5.76. The predicted molar refractivity (Wildman–Crippen MR) is 74.9 cm³/mol.